The maximum absolute atomic E-state index is 12.5. The fourth-order valence-electron chi connectivity index (χ4n) is 8.61. The molecule has 2 N–H and O–H groups in total. The Morgan fingerprint density at radius 1 is 1.21 bits per heavy atom. The second-order valence-corrected chi connectivity index (χ2v) is 13.4. The molecule has 0 amide bonds. The number of aliphatic hydroxyl groups is 1. The molecule has 6 nitrogen and oxygen atoms in total. The zero-order valence-corrected chi connectivity index (χ0v) is 22.1. The highest BCUT2D eigenvalue weighted by Gasteiger charge is 2.59. The Balaban J connectivity index is 1.55. The summed E-state index contributed by atoms with van der Waals surface area (Å²) in [5.74, 6) is 1.80. The van der Waals surface area contributed by atoms with Crippen LogP contribution in [0, 0.1) is 40.4 Å². The second-order valence-electron chi connectivity index (χ2n) is 12.4. The van der Waals surface area contributed by atoms with E-state index in [-0.39, 0.29) is 22.5 Å². The summed E-state index contributed by atoms with van der Waals surface area (Å²) in [4.78, 5) is 12.5. The van der Waals surface area contributed by atoms with Gasteiger partial charge in [0.1, 0.15) is 0 Å². The Morgan fingerprint density at radius 2 is 1.91 bits per heavy atom. The first-order valence-corrected chi connectivity index (χ1v) is 14.3. The number of allylic oxidation sites excluding steroid dienone is 4. The van der Waals surface area contributed by atoms with Gasteiger partial charge in [-0.05, 0) is 105 Å². The summed E-state index contributed by atoms with van der Waals surface area (Å²) < 4.78 is 36.5. The van der Waals surface area contributed by atoms with Crippen molar-refractivity contribution in [1.82, 2.24) is 0 Å². The maximum atomic E-state index is 12.5. The third kappa shape index (κ3) is 4.70. The Bertz CT molecular complexity index is 979. The largest absolute Gasteiger partial charge is 0.397 e. The van der Waals surface area contributed by atoms with Gasteiger partial charge >= 0.3 is 10.4 Å². The Morgan fingerprint density at radius 3 is 2.56 bits per heavy atom. The van der Waals surface area contributed by atoms with E-state index >= 15 is 0 Å². The summed E-state index contributed by atoms with van der Waals surface area (Å²) in [5.41, 5.74) is 2.46. The van der Waals surface area contributed by atoms with Gasteiger partial charge in [0, 0.05) is 6.42 Å². The molecule has 9 atom stereocenters. The lowest BCUT2D eigenvalue weighted by Gasteiger charge is -2.58. The van der Waals surface area contributed by atoms with Crippen LogP contribution in [-0.4, -0.2) is 36.1 Å². The predicted octanol–water partition coefficient (Wildman–Crippen LogP) is 5.29. The Labute approximate surface area is 205 Å². The van der Waals surface area contributed by atoms with Gasteiger partial charge in [-0.1, -0.05) is 38.0 Å². The van der Waals surface area contributed by atoms with Gasteiger partial charge in [0.2, 0.25) is 0 Å². The number of carbonyl (C=O) groups excluding carboxylic acids is 1. The fraction of sp³-hybridized carbons (Fsp3) is 0.815. The molecule has 0 aromatic carbocycles. The summed E-state index contributed by atoms with van der Waals surface area (Å²) in [6.07, 6.45) is 9.40. The van der Waals surface area contributed by atoms with Crippen molar-refractivity contribution in [3.63, 3.8) is 0 Å². The van der Waals surface area contributed by atoms with Crippen molar-refractivity contribution < 1.29 is 27.1 Å². The van der Waals surface area contributed by atoms with E-state index in [0.717, 1.165) is 31.3 Å². The highest BCUT2D eigenvalue weighted by molar-refractivity contribution is 7.80. The molecule has 0 radical (unpaired) electrons. The van der Waals surface area contributed by atoms with Crippen molar-refractivity contribution in [2.45, 2.75) is 98.2 Å². The average Bonchev–Trinajstić information content (AvgIpc) is 3.05. The van der Waals surface area contributed by atoms with E-state index in [1.165, 1.54) is 5.57 Å². The minimum absolute atomic E-state index is 0.0716. The molecule has 192 valence electrons. The van der Waals surface area contributed by atoms with E-state index in [1.807, 2.05) is 13.8 Å². The van der Waals surface area contributed by atoms with E-state index in [0.29, 0.717) is 49.4 Å². The molecule has 7 heteroatoms. The number of aliphatic hydroxyl groups excluding tert-OH is 1. The molecular weight excluding hydrogens is 452 g/mol. The van der Waals surface area contributed by atoms with Crippen molar-refractivity contribution in [3.8, 4) is 0 Å². The monoisotopic (exact) mass is 494 g/mol. The van der Waals surface area contributed by atoms with Crippen molar-refractivity contribution in [1.29, 1.82) is 0 Å². The quantitative estimate of drug-likeness (QED) is 0.296. The third-order valence-electron chi connectivity index (χ3n) is 9.99. The average molecular weight is 495 g/mol. The number of rotatable bonds is 6. The minimum Gasteiger partial charge on any atom is -0.393 e. The lowest BCUT2D eigenvalue weighted by atomic mass is 9.47. The number of ketones is 1. The summed E-state index contributed by atoms with van der Waals surface area (Å²) in [6.45, 7) is 10.8. The van der Waals surface area contributed by atoms with Gasteiger partial charge in [-0.2, -0.15) is 8.42 Å². The number of fused-ring (bicyclic) bond motifs is 5. The van der Waals surface area contributed by atoms with E-state index in [1.54, 1.807) is 6.08 Å². The molecule has 3 fully saturated rings. The molecule has 4 aliphatic rings. The lowest BCUT2D eigenvalue weighted by Crippen LogP contribution is -2.54. The summed E-state index contributed by atoms with van der Waals surface area (Å²) in [6, 6.07) is 0. The third-order valence-corrected chi connectivity index (χ3v) is 10.5. The summed E-state index contributed by atoms with van der Waals surface area (Å²) >= 11 is 0. The van der Waals surface area contributed by atoms with Gasteiger partial charge in [-0.3, -0.25) is 9.35 Å². The molecule has 3 saturated carbocycles. The number of hydrogen-bond donors (Lipinski definition) is 2. The maximum Gasteiger partial charge on any atom is 0.397 e. The minimum atomic E-state index is -4.50. The molecule has 0 bridgehead atoms. The molecule has 34 heavy (non-hydrogen) atoms. The van der Waals surface area contributed by atoms with Gasteiger partial charge in [0.15, 0.2) is 5.78 Å². The van der Waals surface area contributed by atoms with Crippen molar-refractivity contribution >= 4 is 16.2 Å². The van der Waals surface area contributed by atoms with Crippen LogP contribution in [0.4, 0.5) is 0 Å². The zero-order valence-electron chi connectivity index (χ0n) is 21.3. The van der Waals surface area contributed by atoms with Gasteiger partial charge in [-0.25, -0.2) is 4.18 Å². The van der Waals surface area contributed by atoms with Crippen LogP contribution in [-0.2, 0) is 19.4 Å². The molecule has 0 aromatic rings. The molecular formula is C27H42O6S. The van der Waals surface area contributed by atoms with Crippen molar-refractivity contribution in [2.75, 3.05) is 0 Å². The first-order chi connectivity index (χ1) is 15.7. The van der Waals surface area contributed by atoms with Crippen LogP contribution in [0.5, 0.6) is 0 Å². The molecule has 0 heterocycles. The molecule has 0 saturated heterocycles. The van der Waals surface area contributed by atoms with Crippen LogP contribution in [0.15, 0.2) is 23.3 Å². The normalized spacial score (nSPS) is 42.6. The molecule has 0 unspecified atom stereocenters. The fourth-order valence-corrected chi connectivity index (χ4v) is 9.13. The molecule has 0 aromatic heterocycles. The Hall–Kier alpha value is -1.02. The lowest BCUT2D eigenvalue weighted by molar-refractivity contribution is -0.116. The van der Waals surface area contributed by atoms with E-state index < -0.39 is 22.6 Å². The first-order valence-electron chi connectivity index (χ1n) is 13.0. The predicted molar refractivity (Wildman–Crippen MR) is 131 cm³/mol. The van der Waals surface area contributed by atoms with Crippen molar-refractivity contribution in [2.24, 2.45) is 40.4 Å². The molecule has 0 spiro atoms. The summed E-state index contributed by atoms with van der Waals surface area (Å²) in [5, 5.41) is 11.3. The molecule has 4 rings (SSSR count). The highest BCUT2D eigenvalue weighted by atomic mass is 32.3. The van der Waals surface area contributed by atoms with Crippen LogP contribution >= 0.6 is 0 Å². The van der Waals surface area contributed by atoms with Gasteiger partial charge < -0.3 is 5.11 Å². The van der Waals surface area contributed by atoms with Crippen LogP contribution in [0.1, 0.15) is 86.0 Å². The SMILES string of the molecule is CC(C)=CC(=O)C[C@@H](C)[C@H]1CC[C@H]2[C@@H]3C[C@H](O)[C@H]4C[C@H](OS(=O)(=O)O)CC[C@]4(C)C3=CC[C@]12C. The standard InChI is InChI=1S/C27H42O6S/c1-16(2)12-18(28)13-17(3)21-6-7-22-20-15-25(29)24-14-19(33-34(30,31)32)8-10-27(24,5)23(20)9-11-26(21,22)4/h9,12,17,19-22,24-25,29H,6-8,10-11,13-15H2,1-5H3,(H,30,31,32)/t17-,19-,20+,21-,22+,24-,25+,26-,27-/m1/s1. The molecule has 0 aliphatic heterocycles. The highest BCUT2D eigenvalue weighted by Crippen LogP contribution is 2.66. The van der Waals surface area contributed by atoms with Crippen LogP contribution in [0.2, 0.25) is 0 Å². The number of carbonyl (C=O) groups is 1. The number of hydrogen-bond acceptors (Lipinski definition) is 5. The van der Waals surface area contributed by atoms with E-state index in [2.05, 4.69) is 26.8 Å². The molecule has 4 aliphatic carbocycles. The van der Waals surface area contributed by atoms with Crippen LogP contribution in [0.3, 0.4) is 0 Å². The Kier molecular flexibility index (Phi) is 7.00. The van der Waals surface area contributed by atoms with E-state index in [9.17, 15) is 18.3 Å². The first kappa shape index (κ1) is 26.1. The van der Waals surface area contributed by atoms with Gasteiger partial charge in [-0.15, -0.1) is 0 Å². The second kappa shape index (κ2) is 9.13. The van der Waals surface area contributed by atoms with Crippen LogP contribution in [0.25, 0.3) is 0 Å². The summed E-state index contributed by atoms with van der Waals surface area (Å²) in [7, 11) is -4.50. The topological polar surface area (TPSA) is 101 Å². The van der Waals surface area contributed by atoms with Crippen molar-refractivity contribution in [3.05, 3.63) is 23.3 Å². The van der Waals surface area contributed by atoms with Gasteiger partial charge in [0.25, 0.3) is 0 Å². The van der Waals surface area contributed by atoms with Crippen LogP contribution < -0.4 is 0 Å². The van der Waals surface area contributed by atoms with E-state index in [4.69, 9.17) is 8.74 Å². The smallest absolute Gasteiger partial charge is 0.393 e. The van der Waals surface area contributed by atoms with Gasteiger partial charge in [0.05, 0.1) is 12.2 Å². The zero-order chi connectivity index (χ0) is 25.1.